The van der Waals surface area contributed by atoms with Crippen LogP contribution in [0.3, 0.4) is 0 Å². The Morgan fingerprint density at radius 3 is 2.81 bits per heavy atom. The van der Waals surface area contributed by atoms with Crippen molar-refractivity contribution in [2.45, 2.75) is 19.4 Å². The predicted molar refractivity (Wildman–Crippen MR) is 68.4 cm³/mol. The summed E-state index contributed by atoms with van der Waals surface area (Å²) >= 11 is 3.22. The summed E-state index contributed by atoms with van der Waals surface area (Å²) < 4.78 is 13.7. The highest BCUT2D eigenvalue weighted by Gasteiger charge is 2.25. The van der Waals surface area contributed by atoms with Crippen LogP contribution in [0, 0.1) is 5.82 Å². The van der Waals surface area contributed by atoms with Crippen molar-refractivity contribution in [1.82, 2.24) is 5.32 Å². The average Bonchev–Trinajstić information content (AvgIpc) is 2.20. The topological polar surface area (TPSA) is 15.3 Å². The van der Waals surface area contributed by atoms with Crippen LogP contribution in [0.1, 0.15) is 13.8 Å². The number of nitrogens with one attached hydrogen (secondary N) is 1. The molecular weight excluding hydrogens is 271 g/mol. The molecule has 2 nitrogen and oxygen atoms in total. The van der Waals surface area contributed by atoms with Gasteiger partial charge >= 0.3 is 0 Å². The van der Waals surface area contributed by atoms with Crippen molar-refractivity contribution in [1.29, 1.82) is 0 Å². The first-order valence-electron chi connectivity index (χ1n) is 5.43. The Labute approximate surface area is 104 Å². The van der Waals surface area contributed by atoms with Gasteiger partial charge in [0.25, 0.3) is 0 Å². The highest BCUT2D eigenvalue weighted by Crippen LogP contribution is 2.25. The van der Waals surface area contributed by atoms with E-state index >= 15 is 0 Å². The van der Waals surface area contributed by atoms with Crippen LogP contribution >= 0.6 is 15.9 Å². The minimum absolute atomic E-state index is 0.110. The summed E-state index contributed by atoms with van der Waals surface area (Å²) in [5.41, 5.74) is 1.18. The van der Waals surface area contributed by atoms with Gasteiger partial charge in [0.1, 0.15) is 5.82 Å². The summed E-state index contributed by atoms with van der Waals surface area (Å²) in [4.78, 5) is 2.28. The van der Waals surface area contributed by atoms with Gasteiger partial charge in [0.05, 0.1) is 4.47 Å². The maximum Gasteiger partial charge on any atom is 0.137 e. The largest absolute Gasteiger partial charge is 0.368 e. The van der Waals surface area contributed by atoms with Gasteiger partial charge < -0.3 is 10.2 Å². The molecule has 0 amide bonds. The van der Waals surface area contributed by atoms with Crippen molar-refractivity contribution >= 4 is 21.6 Å². The van der Waals surface area contributed by atoms with Crippen LogP contribution in [0.5, 0.6) is 0 Å². The third kappa shape index (κ3) is 2.55. The zero-order valence-corrected chi connectivity index (χ0v) is 11.1. The van der Waals surface area contributed by atoms with Gasteiger partial charge in [0.15, 0.2) is 0 Å². The second kappa shape index (κ2) is 4.34. The minimum Gasteiger partial charge on any atom is -0.368 e. The fraction of sp³-hybridized carbons (Fsp3) is 0.500. The molecule has 4 heteroatoms. The third-order valence-corrected chi connectivity index (χ3v) is 3.45. The van der Waals surface area contributed by atoms with Gasteiger partial charge in [0, 0.05) is 30.9 Å². The number of hydrogen-bond donors (Lipinski definition) is 1. The molecule has 0 saturated carbocycles. The zero-order chi connectivity index (χ0) is 11.8. The SMILES string of the molecule is CC1(C)CN(c2ccc(F)c(Br)c2)CCN1. The summed E-state index contributed by atoms with van der Waals surface area (Å²) in [6.07, 6.45) is 0. The van der Waals surface area contributed by atoms with E-state index in [9.17, 15) is 4.39 Å². The standard InChI is InChI=1S/C12H16BrFN2/c1-12(2)8-16(6-5-15-12)9-3-4-11(14)10(13)7-9/h3-4,7,15H,5-6,8H2,1-2H3. The molecule has 0 atom stereocenters. The lowest BCUT2D eigenvalue weighted by Crippen LogP contribution is -2.57. The molecular formula is C12H16BrFN2. The number of halogens is 2. The van der Waals surface area contributed by atoms with Crippen molar-refractivity contribution in [2.75, 3.05) is 24.5 Å². The number of nitrogens with zero attached hydrogens (tertiary/aromatic N) is 1. The number of piperazine rings is 1. The van der Waals surface area contributed by atoms with Gasteiger partial charge in [-0.1, -0.05) is 0 Å². The van der Waals surface area contributed by atoms with Crippen molar-refractivity contribution in [3.63, 3.8) is 0 Å². The molecule has 1 saturated heterocycles. The van der Waals surface area contributed by atoms with Gasteiger partial charge in [-0.15, -0.1) is 0 Å². The molecule has 1 aliphatic heterocycles. The average molecular weight is 287 g/mol. The first kappa shape index (κ1) is 11.9. The Morgan fingerprint density at radius 2 is 2.19 bits per heavy atom. The summed E-state index contributed by atoms with van der Waals surface area (Å²) in [7, 11) is 0. The minimum atomic E-state index is -0.210. The molecule has 0 unspecified atom stereocenters. The van der Waals surface area contributed by atoms with Crippen LogP contribution in [-0.4, -0.2) is 25.2 Å². The molecule has 0 aliphatic carbocycles. The second-order valence-corrected chi connectivity index (χ2v) is 5.68. The molecule has 1 aromatic carbocycles. The second-order valence-electron chi connectivity index (χ2n) is 4.83. The van der Waals surface area contributed by atoms with Crippen LogP contribution in [0.25, 0.3) is 0 Å². The molecule has 88 valence electrons. The van der Waals surface area contributed by atoms with Crippen molar-refractivity contribution in [2.24, 2.45) is 0 Å². The van der Waals surface area contributed by atoms with Gasteiger partial charge in [-0.25, -0.2) is 4.39 Å². The molecule has 0 aromatic heterocycles. The monoisotopic (exact) mass is 286 g/mol. The zero-order valence-electron chi connectivity index (χ0n) is 9.56. The van der Waals surface area contributed by atoms with Gasteiger partial charge in [-0.05, 0) is 48.0 Å². The number of anilines is 1. The maximum absolute atomic E-state index is 13.1. The van der Waals surface area contributed by atoms with Gasteiger partial charge in [0.2, 0.25) is 0 Å². The number of hydrogen-bond acceptors (Lipinski definition) is 2. The van der Waals surface area contributed by atoms with Crippen molar-refractivity contribution < 1.29 is 4.39 Å². The van der Waals surface area contributed by atoms with Crippen LogP contribution in [-0.2, 0) is 0 Å². The van der Waals surface area contributed by atoms with Crippen molar-refractivity contribution in [3.05, 3.63) is 28.5 Å². The molecule has 1 heterocycles. The normalized spacial score (nSPS) is 19.9. The summed E-state index contributed by atoms with van der Waals surface area (Å²) in [6, 6.07) is 5.19. The quantitative estimate of drug-likeness (QED) is 0.854. The smallest absolute Gasteiger partial charge is 0.137 e. The Kier molecular flexibility index (Phi) is 3.22. The van der Waals surface area contributed by atoms with E-state index in [4.69, 9.17) is 0 Å². The predicted octanol–water partition coefficient (Wildman–Crippen LogP) is 2.78. The molecule has 0 spiro atoms. The maximum atomic E-state index is 13.1. The number of rotatable bonds is 1. The van der Waals surface area contributed by atoms with E-state index in [1.807, 2.05) is 12.1 Å². The van der Waals surface area contributed by atoms with E-state index in [1.54, 1.807) is 0 Å². The highest BCUT2D eigenvalue weighted by molar-refractivity contribution is 9.10. The third-order valence-electron chi connectivity index (χ3n) is 2.84. The van der Waals surface area contributed by atoms with E-state index < -0.39 is 0 Å². The lowest BCUT2D eigenvalue weighted by molar-refractivity contribution is 0.353. The van der Waals surface area contributed by atoms with Gasteiger partial charge in [-0.2, -0.15) is 0 Å². The molecule has 1 aliphatic rings. The molecule has 16 heavy (non-hydrogen) atoms. The Bertz CT molecular complexity index is 393. The Balaban J connectivity index is 2.20. The van der Waals surface area contributed by atoms with Crippen molar-refractivity contribution in [3.8, 4) is 0 Å². The highest BCUT2D eigenvalue weighted by atomic mass is 79.9. The molecule has 1 aromatic rings. The molecule has 1 fully saturated rings. The lowest BCUT2D eigenvalue weighted by Gasteiger charge is -2.40. The van der Waals surface area contributed by atoms with Crippen LogP contribution in [0.2, 0.25) is 0 Å². The lowest BCUT2D eigenvalue weighted by atomic mass is 10.0. The number of benzene rings is 1. The van der Waals surface area contributed by atoms with Crippen LogP contribution in [0.4, 0.5) is 10.1 Å². The molecule has 1 N–H and O–H groups in total. The van der Waals surface area contributed by atoms with E-state index in [2.05, 4.69) is 40.0 Å². The van der Waals surface area contributed by atoms with E-state index in [1.165, 1.54) is 6.07 Å². The van der Waals surface area contributed by atoms with Crippen LogP contribution in [0.15, 0.2) is 22.7 Å². The summed E-state index contributed by atoms with van der Waals surface area (Å²) in [5, 5.41) is 3.46. The van der Waals surface area contributed by atoms with E-state index in [0.29, 0.717) is 4.47 Å². The fourth-order valence-corrected chi connectivity index (χ4v) is 2.41. The summed E-state index contributed by atoms with van der Waals surface area (Å²) in [6.45, 7) is 7.21. The summed E-state index contributed by atoms with van der Waals surface area (Å²) in [5.74, 6) is -0.210. The first-order valence-corrected chi connectivity index (χ1v) is 6.22. The Hall–Kier alpha value is -0.610. The van der Waals surface area contributed by atoms with Crippen LogP contribution < -0.4 is 10.2 Å². The molecule has 2 rings (SSSR count). The van der Waals surface area contributed by atoms with E-state index in [0.717, 1.165) is 25.3 Å². The van der Waals surface area contributed by atoms with E-state index in [-0.39, 0.29) is 11.4 Å². The Morgan fingerprint density at radius 1 is 1.44 bits per heavy atom. The van der Waals surface area contributed by atoms with Gasteiger partial charge in [-0.3, -0.25) is 0 Å². The fourth-order valence-electron chi connectivity index (χ4n) is 2.04. The molecule has 0 radical (unpaired) electrons. The molecule has 0 bridgehead atoms. The first-order chi connectivity index (χ1) is 7.48.